The normalized spacial score (nSPS) is 17.5. The van der Waals surface area contributed by atoms with Gasteiger partial charge in [0.2, 0.25) is 0 Å². The summed E-state index contributed by atoms with van der Waals surface area (Å²) in [5.74, 6) is 1.06. The van der Waals surface area contributed by atoms with E-state index >= 15 is 0 Å². The topological polar surface area (TPSA) is 54.1 Å². The van der Waals surface area contributed by atoms with Crippen LogP contribution in [0.4, 0.5) is 0 Å². The highest BCUT2D eigenvalue weighted by molar-refractivity contribution is 5.91. The first kappa shape index (κ1) is 13.9. The van der Waals surface area contributed by atoms with Gasteiger partial charge in [-0.25, -0.2) is 0 Å². The number of allylic oxidation sites excluding steroid dienone is 1. The molecule has 4 nitrogen and oxygen atoms in total. The molecule has 2 N–H and O–H groups in total. The fourth-order valence-corrected chi connectivity index (χ4v) is 3.00. The van der Waals surface area contributed by atoms with Crippen LogP contribution in [-0.4, -0.2) is 24.4 Å². The number of rotatable bonds is 5. The number of ether oxygens (including phenoxy) is 1. The number of ketones is 1. The number of methoxy groups -OCH3 is 1. The number of hydrogen-bond acceptors (Lipinski definition) is 3. The fraction of sp³-hybridized carbons (Fsp3) is 0.353. The Morgan fingerprint density at radius 3 is 3.14 bits per heavy atom. The first-order chi connectivity index (χ1) is 10.2. The smallest absolute Gasteiger partial charge is 0.156 e. The molecule has 0 aliphatic carbocycles. The number of carbonyl (C=O) groups excluding carboxylic acids is 1. The number of aromatic amines is 1. The summed E-state index contributed by atoms with van der Waals surface area (Å²) in [5.41, 5.74) is 3.31. The summed E-state index contributed by atoms with van der Waals surface area (Å²) in [4.78, 5) is 15.8. The molecule has 0 spiro atoms. The molecular formula is C17H20N2O2. The summed E-state index contributed by atoms with van der Waals surface area (Å²) < 4.78 is 5.30. The molecule has 1 aromatic carbocycles. The number of H-pyrrole nitrogens is 1. The molecule has 0 saturated carbocycles. The van der Waals surface area contributed by atoms with Gasteiger partial charge in [-0.15, -0.1) is 6.58 Å². The van der Waals surface area contributed by atoms with Gasteiger partial charge in [-0.1, -0.05) is 6.08 Å². The summed E-state index contributed by atoms with van der Waals surface area (Å²) in [6.45, 7) is 4.50. The summed E-state index contributed by atoms with van der Waals surface area (Å²) >= 11 is 0. The quantitative estimate of drug-likeness (QED) is 0.830. The maximum atomic E-state index is 12.4. The number of Topliss-reactive ketones (excluding diaryl/α,β-unsaturated/α-hetero) is 1. The van der Waals surface area contributed by atoms with Crippen molar-refractivity contribution in [3.05, 3.63) is 42.1 Å². The monoisotopic (exact) mass is 284 g/mol. The first-order valence-corrected chi connectivity index (χ1v) is 7.30. The van der Waals surface area contributed by atoms with E-state index in [4.69, 9.17) is 4.74 Å². The maximum absolute atomic E-state index is 12.4. The van der Waals surface area contributed by atoms with E-state index in [9.17, 15) is 4.79 Å². The van der Waals surface area contributed by atoms with Gasteiger partial charge in [0, 0.05) is 29.6 Å². The Labute approximate surface area is 124 Å². The molecule has 0 amide bonds. The Morgan fingerprint density at radius 1 is 1.52 bits per heavy atom. The molecule has 1 aliphatic heterocycles. The third-order valence-corrected chi connectivity index (χ3v) is 4.08. The molecular weight excluding hydrogens is 264 g/mol. The van der Waals surface area contributed by atoms with Crippen LogP contribution >= 0.6 is 0 Å². The van der Waals surface area contributed by atoms with Crippen molar-refractivity contribution in [2.24, 2.45) is 0 Å². The second-order valence-corrected chi connectivity index (χ2v) is 5.36. The molecule has 0 bridgehead atoms. The van der Waals surface area contributed by atoms with E-state index < -0.39 is 0 Å². The first-order valence-electron chi connectivity index (χ1n) is 7.30. The second-order valence-electron chi connectivity index (χ2n) is 5.36. The van der Waals surface area contributed by atoms with Gasteiger partial charge in [0.05, 0.1) is 7.11 Å². The number of nitrogens with one attached hydrogen (secondary N) is 2. The summed E-state index contributed by atoms with van der Waals surface area (Å²) in [6, 6.07) is 5.76. The van der Waals surface area contributed by atoms with Crippen molar-refractivity contribution in [3.63, 3.8) is 0 Å². The van der Waals surface area contributed by atoms with Gasteiger partial charge in [0.1, 0.15) is 11.8 Å². The average Bonchev–Trinajstić information content (AvgIpc) is 2.90. The highest BCUT2D eigenvalue weighted by Gasteiger charge is 2.28. The van der Waals surface area contributed by atoms with Crippen molar-refractivity contribution < 1.29 is 9.53 Å². The number of hydrogen-bond donors (Lipinski definition) is 2. The minimum atomic E-state index is -0.230. The molecule has 21 heavy (non-hydrogen) atoms. The van der Waals surface area contributed by atoms with E-state index in [1.165, 1.54) is 5.56 Å². The molecule has 3 rings (SSSR count). The van der Waals surface area contributed by atoms with Crippen molar-refractivity contribution in [2.45, 2.75) is 25.3 Å². The minimum absolute atomic E-state index is 0.217. The van der Waals surface area contributed by atoms with Crippen molar-refractivity contribution in [2.75, 3.05) is 13.7 Å². The number of carbonyl (C=O) groups is 1. The number of aromatic nitrogens is 1. The van der Waals surface area contributed by atoms with Crippen LogP contribution < -0.4 is 10.1 Å². The highest BCUT2D eigenvalue weighted by Crippen LogP contribution is 2.33. The Balaban J connectivity index is 2.01. The van der Waals surface area contributed by atoms with Gasteiger partial charge in [-0.3, -0.25) is 4.79 Å². The van der Waals surface area contributed by atoms with Crippen LogP contribution in [0.25, 0.3) is 10.9 Å². The molecule has 0 fully saturated rings. The Kier molecular flexibility index (Phi) is 3.80. The molecule has 4 heteroatoms. The van der Waals surface area contributed by atoms with Crippen LogP contribution in [0.2, 0.25) is 0 Å². The molecule has 0 radical (unpaired) electrons. The van der Waals surface area contributed by atoms with Crippen molar-refractivity contribution >= 4 is 16.7 Å². The van der Waals surface area contributed by atoms with Crippen molar-refractivity contribution in [1.82, 2.24) is 10.3 Å². The van der Waals surface area contributed by atoms with Crippen LogP contribution in [0, 0.1) is 0 Å². The van der Waals surface area contributed by atoms with E-state index in [0.717, 1.165) is 41.7 Å². The van der Waals surface area contributed by atoms with E-state index in [1.54, 1.807) is 13.2 Å². The third kappa shape index (κ3) is 2.47. The lowest BCUT2D eigenvalue weighted by Gasteiger charge is -2.23. The largest absolute Gasteiger partial charge is 0.497 e. The van der Waals surface area contributed by atoms with Crippen LogP contribution in [0.15, 0.2) is 30.9 Å². The SMILES string of the molecule is C=CCCC(=O)C1NCCc2c1[nH]c1ccc(OC)cc21. The molecule has 2 heterocycles. The third-order valence-electron chi connectivity index (χ3n) is 4.08. The van der Waals surface area contributed by atoms with Crippen molar-refractivity contribution in [3.8, 4) is 5.75 Å². The van der Waals surface area contributed by atoms with Crippen molar-refractivity contribution in [1.29, 1.82) is 0 Å². The molecule has 0 saturated heterocycles. The maximum Gasteiger partial charge on any atom is 0.156 e. The molecule has 1 atom stereocenters. The van der Waals surface area contributed by atoms with E-state index in [1.807, 2.05) is 18.2 Å². The average molecular weight is 284 g/mol. The predicted octanol–water partition coefficient (Wildman–Crippen LogP) is 2.90. The zero-order chi connectivity index (χ0) is 14.8. The highest BCUT2D eigenvalue weighted by atomic mass is 16.5. The zero-order valence-electron chi connectivity index (χ0n) is 12.2. The number of benzene rings is 1. The standard InChI is InChI=1S/C17H20N2O2/c1-3-4-5-15(20)17-16-12(8-9-18-17)13-10-11(21-2)6-7-14(13)19-16/h3,6-7,10,17-19H,1,4-5,8-9H2,2H3. The summed E-state index contributed by atoms with van der Waals surface area (Å²) in [5, 5.41) is 4.49. The summed E-state index contributed by atoms with van der Waals surface area (Å²) in [7, 11) is 1.67. The number of fused-ring (bicyclic) bond motifs is 3. The lowest BCUT2D eigenvalue weighted by atomic mass is 9.95. The molecule has 1 aromatic heterocycles. The van der Waals surface area contributed by atoms with E-state index in [-0.39, 0.29) is 11.8 Å². The Hall–Kier alpha value is -2.07. The lowest BCUT2D eigenvalue weighted by Crippen LogP contribution is -2.35. The Morgan fingerprint density at radius 2 is 2.38 bits per heavy atom. The Bertz CT molecular complexity index is 687. The molecule has 110 valence electrons. The zero-order valence-corrected chi connectivity index (χ0v) is 12.2. The van der Waals surface area contributed by atoms with E-state index in [0.29, 0.717) is 6.42 Å². The van der Waals surface area contributed by atoms with Crippen LogP contribution in [-0.2, 0) is 11.2 Å². The summed E-state index contributed by atoms with van der Waals surface area (Å²) in [6.07, 6.45) is 3.96. The van der Waals surface area contributed by atoms with Gasteiger partial charge in [-0.05, 0) is 36.6 Å². The van der Waals surface area contributed by atoms with Gasteiger partial charge in [0.25, 0.3) is 0 Å². The van der Waals surface area contributed by atoms with Crippen LogP contribution in [0.1, 0.15) is 30.1 Å². The lowest BCUT2D eigenvalue weighted by molar-refractivity contribution is -0.121. The van der Waals surface area contributed by atoms with Gasteiger partial charge < -0.3 is 15.0 Å². The molecule has 2 aromatic rings. The fourth-order valence-electron chi connectivity index (χ4n) is 3.00. The minimum Gasteiger partial charge on any atom is -0.497 e. The molecule has 1 unspecified atom stereocenters. The van der Waals surface area contributed by atoms with Gasteiger partial charge in [0.15, 0.2) is 5.78 Å². The van der Waals surface area contributed by atoms with E-state index in [2.05, 4.69) is 16.9 Å². The molecule has 1 aliphatic rings. The van der Waals surface area contributed by atoms with Gasteiger partial charge >= 0.3 is 0 Å². The van der Waals surface area contributed by atoms with Crippen LogP contribution in [0.5, 0.6) is 5.75 Å². The second kappa shape index (κ2) is 5.74. The van der Waals surface area contributed by atoms with Crippen LogP contribution in [0.3, 0.4) is 0 Å². The van der Waals surface area contributed by atoms with Gasteiger partial charge in [-0.2, -0.15) is 0 Å². The predicted molar refractivity (Wildman–Crippen MR) is 83.7 cm³/mol.